The molecule has 7 heteroatoms. The summed E-state index contributed by atoms with van der Waals surface area (Å²) in [6, 6.07) is 2.57. The van der Waals surface area contributed by atoms with Crippen LogP contribution in [-0.2, 0) is 4.74 Å². The van der Waals surface area contributed by atoms with Crippen LogP contribution in [0, 0.1) is 6.92 Å². The Bertz CT molecular complexity index is 576. The number of anilines is 2. The van der Waals surface area contributed by atoms with E-state index in [1.807, 2.05) is 6.92 Å². The molecular formula is C17H27N5OS. The molecule has 24 heavy (non-hydrogen) atoms. The van der Waals surface area contributed by atoms with Gasteiger partial charge in [0.2, 0.25) is 5.95 Å². The number of aromatic nitrogens is 2. The molecule has 1 aromatic heterocycles. The van der Waals surface area contributed by atoms with Crippen molar-refractivity contribution in [2.24, 2.45) is 0 Å². The van der Waals surface area contributed by atoms with E-state index in [0.29, 0.717) is 17.1 Å². The molecule has 2 aliphatic heterocycles. The summed E-state index contributed by atoms with van der Waals surface area (Å²) >= 11 is 5.37. The molecule has 132 valence electrons. The molecule has 2 saturated heterocycles. The lowest BCUT2D eigenvalue weighted by Crippen LogP contribution is -2.38. The fraction of sp³-hybridized carbons (Fsp3) is 0.706. The molecule has 0 saturated carbocycles. The van der Waals surface area contributed by atoms with Gasteiger partial charge in [0.1, 0.15) is 5.82 Å². The second-order valence-electron chi connectivity index (χ2n) is 6.70. The third-order valence-electron chi connectivity index (χ3n) is 4.68. The van der Waals surface area contributed by atoms with Crippen molar-refractivity contribution in [2.45, 2.75) is 58.1 Å². The highest BCUT2D eigenvalue weighted by molar-refractivity contribution is 7.80. The second-order valence-corrected chi connectivity index (χ2v) is 7.11. The monoisotopic (exact) mass is 349 g/mol. The molecule has 3 rings (SSSR count). The molecular weight excluding hydrogens is 322 g/mol. The van der Waals surface area contributed by atoms with Gasteiger partial charge in [-0.3, -0.25) is 0 Å². The highest BCUT2D eigenvalue weighted by Crippen LogP contribution is 2.24. The van der Waals surface area contributed by atoms with Crippen molar-refractivity contribution < 1.29 is 4.74 Å². The first-order chi connectivity index (χ1) is 11.6. The van der Waals surface area contributed by atoms with E-state index in [0.717, 1.165) is 44.0 Å². The SMILES string of the molecule is Cc1cc(N2CCCCC2C)nc(NC(=S)NCC2CCCO2)n1. The van der Waals surface area contributed by atoms with E-state index in [2.05, 4.69) is 38.5 Å². The average Bonchev–Trinajstić information content (AvgIpc) is 3.06. The van der Waals surface area contributed by atoms with Gasteiger partial charge in [0, 0.05) is 37.5 Å². The Morgan fingerprint density at radius 3 is 2.96 bits per heavy atom. The Balaban J connectivity index is 1.61. The van der Waals surface area contributed by atoms with Crippen molar-refractivity contribution in [1.29, 1.82) is 0 Å². The van der Waals surface area contributed by atoms with Crippen LogP contribution in [0.2, 0.25) is 0 Å². The topological polar surface area (TPSA) is 62.3 Å². The van der Waals surface area contributed by atoms with Gasteiger partial charge in [0.05, 0.1) is 6.10 Å². The van der Waals surface area contributed by atoms with E-state index in [9.17, 15) is 0 Å². The van der Waals surface area contributed by atoms with Crippen molar-refractivity contribution in [2.75, 3.05) is 29.9 Å². The van der Waals surface area contributed by atoms with Gasteiger partial charge in [-0.2, -0.15) is 4.98 Å². The summed E-state index contributed by atoms with van der Waals surface area (Å²) in [6.07, 6.45) is 6.21. The van der Waals surface area contributed by atoms with Gasteiger partial charge in [-0.05, 0) is 58.2 Å². The zero-order valence-electron chi connectivity index (χ0n) is 14.5. The summed E-state index contributed by atoms with van der Waals surface area (Å²) in [5, 5.41) is 6.87. The second kappa shape index (κ2) is 8.07. The molecule has 0 aromatic carbocycles. The van der Waals surface area contributed by atoms with Gasteiger partial charge < -0.3 is 20.3 Å². The summed E-state index contributed by atoms with van der Waals surface area (Å²) in [5.74, 6) is 1.55. The molecule has 6 nitrogen and oxygen atoms in total. The molecule has 2 fully saturated rings. The van der Waals surface area contributed by atoms with Crippen LogP contribution in [0.4, 0.5) is 11.8 Å². The lowest BCUT2D eigenvalue weighted by atomic mass is 10.0. The number of hydrogen-bond acceptors (Lipinski definition) is 5. The minimum Gasteiger partial charge on any atom is -0.376 e. The fourth-order valence-corrected chi connectivity index (χ4v) is 3.53. The molecule has 2 aliphatic rings. The van der Waals surface area contributed by atoms with Crippen LogP contribution in [0.15, 0.2) is 6.07 Å². The van der Waals surface area contributed by atoms with E-state index >= 15 is 0 Å². The van der Waals surface area contributed by atoms with Crippen molar-refractivity contribution >= 4 is 29.1 Å². The zero-order valence-corrected chi connectivity index (χ0v) is 15.4. The van der Waals surface area contributed by atoms with E-state index in [1.165, 1.54) is 19.3 Å². The largest absolute Gasteiger partial charge is 0.376 e. The van der Waals surface area contributed by atoms with Gasteiger partial charge in [-0.25, -0.2) is 4.98 Å². The molecule has 2 unspecified atom stereocenters. The van der Waals surface area contributed by atoms with Crippen LogP contribution in [0.3, 0.4) is 0 Å². The quantitative estimate of drug-likeness (QED) is 0.810. The molecule has 2 N–H and O–H groups in total. The Morgan fingerprint density at radius 2 is 2.21 bits per heavy atom. The number of thiocarbonyl (C=S) groups is 1. The van der Waals surface area contributed by atoms with E-state index < -0.39 is 0 Å². The van der Waals surface area contributed by atoms with Gasteiger partial charge >= 0.3 is 0 Å². The number of rotatable bonds is 4. The molecule has 3 heterocycles. The Morgan fingerprint density at radius 1 is 1.33 bits per heavy atom. The Kier molecular flexibility index (Phi) is 5.84. The fourth-order valence-electron chi connectivity index (χ4n) is 3.35. The molecule has 0 bridgehead atoms. The van der Waals surface area contributed by atoms with E-state index in [4.69, 9.17) is 17.0 Å². The van der Waals surface area contributed by atoms with E-state index in [-0.39, 0.29) is 6.10 Å². The number of hydrogen-bond donors (Lipinski definition) is 2. The normalized spacial score (nSPS) is 24.0. The van der Waals surface area contributed by atoms with E-state index in [1.54, 1.807) is 0 Å². The molecule has 2 atom stereocenters. The summed E-state index contributed by atoms with van der Waals surface area (Å²) in [7, 11) is 0. The number of piperidine rings is 1. The van der Waals surface area contributed by atoms with Gasteiger partial charge in [-0.15, -0.1) is 0 Å². The van der Waals surface area contributed by atoms with Gasteiger partial charge in [-0.1, -0.05) is 0 Å². The first kappa shape index (κ1) is 17.4. The van der Waals surface area contributed by atoms with Crippen molar-refractivity contribution in [3.05, 3.63) is 11.8 Å². The maximum absolute atomic E-state index is 5.60. The predicted molar refractivity (Wildman–Crippen MR) is 101 cm³/mol. The van der Waals surface area contributed by atoms with Crippen molar-refractivity contribution in [3.63, 3.8) is 0 Å². The maximum Gasteiger partial charge on any atom is 0.231 e. The first-order valence-electron chi connectivity index (χ1n) is 8.90. The average molecular weight is 350 g/mol. The number of nitrogens with one attached hydrogen (secondary N) is 2. The highest BCUT2D eigenvalue weighted by atomic mass is 32.1. The number of ether oxygens (including phenoxy) is 1. The molecule has 0 aliphatic carbocycles. The third-order valence-corrected chi connectivity index (χ3v) is 4.92. The lowest BCUT2D eigenvalue weighted by Gasteiger charge is -2.34. The van der Waals surface area contributed by atoms with Crippen LogP contribution in [-0.4, -0.2) is 46.9 Å². The molecule has 0 amide bonds. The smallest absolute Gasteiger partial charge is 0.231 e. The van der Waals surface area contributed by atoms with Crippen LogP contribution in [0.5, 0.6) is 0 Å². The highest BCUT2D eigenvalue weighted by Gasteiger charge is 2.21. The predicted octanol–water partition coefficient (Wildman–Crippen LogP) is 2.63. The standard InChI is InChI=1S/C17H27N5OS/c1-12-10-15(22-8-4-3-6-13(22)2)20-16(19-12)21-17(24)18-11-14-7-5-9-23-14/h10,13-14H,3-9,11H2,1-2H3,(H2,18,19,20,21,24). The minimum atomic E-state index is 0.257. The summed E-state index contributed by atoms with van der Waals surface area (Å²) < 4.78 is 5.60. The Hall–Kier alpha value is -1.47. The summed E-state index contributed by atoms with van der Waals surface area (Å²) in [5.41, 5.74) is 0.946. The zero-order chi connectivity index (χ0) is 16.9. The molecule has 0 radical (unpaired) electrons. The van der Waals surface area contributed by atoms with Crippen LogP contribution < -0.4 is 15.5 Å². The van der Waals surface area contributed by atoms with Crippen molar-refractivity contribution in [1.82, 2.24) is 15.3 Å². The number of aryl methyl sites for hydroxylation is 1. The number of nitrogens with zero attached hydrogens (tertiary/aromatic N) is 3. The Labute approximate surface area is 149 Å². The maximum atomic E-state index is 5.60. The molecule has 1 aromatic rings. The van der Waals surface area contributed by atoms with Crippen LogP contribution in [0.25, 0.3) is 0 Å². The molecule has 0 spiro atoms. The van der Waals surface area contributed by atoms with Gasteiger partial charge in [0.15, 0.2) is 5.11 Å². The summed E-state index contributed by atoms with van der Waals surface area (Å²) in [6.45, 7) is 6.89. The lowest BCUT2D eigenvalue weighted by molar-refractivity contribution is 0.114. The minimum absolute atomic E-state index is 0.257. The van der Waals surface area contributed by atoms with Crippen molar-refractivity contribution in [3.8, 4) is 0 Å². The first-order valence-corrected chi connectivity index (χ1v) is 9.31. The third kappa shape index (κ3) is 4.54. The summed E-state index contributed by atoms with van der Waals surface area (Å²) in [4.78, 5) is 11.5. The van der Waals surface area contributed by atoms with Crippen LogP contribution >= 0.6 is 12.2 Å². The van der Waals surface area contributed by atoms with Crippen LogP contribution in [0.1, 0.15) is 44.7 Å². The van der Waals surface area contributed by atoms with Gasteiger partial charge in [0.25, 0.3) is 0 Å².